The molecule has 0 bridgehead atoms. The second kappa shape index (κ2) is 10.0. The van der Waals surface area contributed by atoms with Crippen molar-refractivity contribution in [3.8, 4) is 11.5 Å². The van der Waals surface area contributed by atoms with E-state index < -0.39 is 0 Å². The van der Waals surface area contributed by atoms with Crippen LogP contribution < -0.4 is 14.8 Å². The molecule has 0 heterocycles. The highest BCUT2D eigenvalue weighted by Gasteiger charge is 2.17. The molecule has 0 saturated carbocycles. The highest BCUT2D eigenvalue weighted by Crippen LogP contribution is 2.35. The lowest BCUT2D eigenvalue weighted by Crippen LogP contribution is -2.37. The highest BCUT2D eigenvalue weighted by molar-refractivity contribution is 9.10. The van der Waals surface area contributed by atoms with Crippen LogP contribution >= 0.6 is 39.1 Å². The van der Waals surface area contributed by atoms with Crippen molar-refractivity contribution in [2.24, 2.45) is 0 Å². The molecule has 3 nitrogen and oxygen atoms in total. The molecule has 0 aromatic heterocycles. The fourth-order valence-corrected chi connectivity index (χ4v) is 3.34. The molecule has 0 unspecified atom stereocenters. The number of hydrogen-bond donors (Lipinski definition) is 1. The molecule has 2 rings (SSSR count). The third kappa shape index (κ3) is 6.28. The molecule has 2 aromatic rings. The molecule has 6 heteroatoms. The quantitative estimate of drug-likeness (QED) is 0.423. The first kappa shape index (κ1) is 22.4. The zero-order valence-electron chi connectivity index (χ0n) is 16.2. The Balaban J connectivity index is 2.22. The van der Waals surface area contributed by atoms with Crippen molar-refractivity contribution in [1.29, 1.82) is 0 Å². The molecule has 2 aromatic carbocycles. The molecule has 1 N–H and O–H groups in total. The number of benzene rings is 2. The van der Waals surface area contributed by atoms with E-state index in [0.717, 1.165) is 28.6 Å². The molecular weight excluding hydrogens is 449 g/mol. The summed E-state index contributed by atoms with van der Waals surface area (Å²) in [4.78, 5) is 0. The Bertz CT molecular complexity index is 761. The maximum atomic E-state index is 6.24. The van der Waals surface area contributed by atoms with Crippen molar-refractivity contribution in [2.75, 3.05) is 6.61 Å². The van der Waals surface area contributed by atoms with Gasteiger partial charge in [-0.1, -0.05) is 52.1 Å². The van der Waals surface area contributed by atoms with Gasteiger partial charge in [0.15, 0.2) is 11.5 Å². The molecule has 0 saturated heterocycles. The van der Waals surface area contributed by atoms with Gasteiger partial charge >= 0.3 is 0 Å². The Hall–Kier alpha value is -0.940. The number of nitrogens with one attached hydrogen (secondary N) is 1. The molecule has 148 valence electrons. The van der Waals surface area contributed by atoms with Gasteiger partial charge in [-0.2, -0.15) is 0 Å². The maximum absolute atomic E-state index is 6.24. The van der Waals surface area contributed by atoms with Gasteiger partial charge in [0.25, 0.3) is 0 Å². The summed E-state index contributed by atoms with van der Waals surface area (Å²) in [6.45, 7) is 10.1. The van der Waals surface area contributed by atoms with E-state index in [1.54, 1.807) is 12.1 Å². The van der Waals surface area contributed by atoms with Gasteiger partial charge in [-0.25, -0.2) is 0 Å². The van der Waals surface area contributed by atoms with Crippen LogP contribution in [0.15, 0.2) is 34.8 Å². The minimum absolute atomic E-state index is 0.0706. The van der Waals surface area contributed by atoms with Crippen molar-refractivity contribution in [3.63, 3.8) is 0 Å². The number of halogens is 3. The first-order valence-electron chi connectivity index (χ1n) is 9.03. The average Bonchev–Trinajstić information content (AvgIpc) is 2.62. The standard InChI is InChI=1S/C21H26BrCl2NO2/c1-5-21(3,4)25-12-14-10-19(26-6-2)20(11-16(14)22)27-13-15-17(23)8-7-9-18(15)24/h7-11,25H,5-6,12-13H2,1-4H3. The molecule has 0 amide bonds. The normalized spacial score (nSPS) is 11.5. The summed E-state index contributed by atoms with van der Waals surface area (Å²) in [6.07, 6.45) is 1.04. The van der Waals surface area contributed by atoms with E-state index in [9.17, 15) is 0 Å². The molecule has 27 heavy (non-hydrogen) atoms. The van der Waals surface area contributed by atoms with Gasteiger partial charge in [-0.3, -0.25) is 0 Å². The van der Waals surface area contributed by atoms with Crippen molar-refractivity contribution >= 4 is 39.1 Å². The van der Waals surface area contributed by atoms with E-state index in [0.29, 0.717) is 28.2 Å². The predicted molar refractivity (Wildman–Crippen MR) is 117 cm³/mol. The lowest BCUT2D eigenvalue weighted by molar-refractivity contribution is 0.268. The van der Waals surface area contributed by atoms with Crippen LogP contribution in [0.4, 0.5) is 0 Å². The van der Waals surface area contributed by atoms with Crippen LogP contribution in [0.5, 0.6) is 11.5 Å². The zero-order valence-corrected chi connectivity index (χ0v) is 19.3. The SMILES string of the molecule is CCOc1cc(CNC(C)(C)CC)c(Br)cc1OCc1c(Cl)cccc1Cl. The van der Waals surface area contributed by atoms with Crippen LogP contribution in [0, 0.1) is 0 Å². The highest BCUT2D eigenvalue weighted by atomic mass is 79.9. The van der Waals surface area contributed by atoms with Crippen LogP contribution in [-0.4, -0.2) is 12.1 Å². The van der Waals surface area contributed by atoms with Crippen LogP contribution in [-0.2, 0) is 13.2 Å². The minimum atomic E-state index is 0.0706. The van der Waals surface area contributed by atoms with Crippen LogP contribution in [0.1, 0.15) is 45.2 Å². The van der Waals surface area contributed by atoms with Gasteiger partial charge in [0.1, 0.15) is 6.61 Å². The smallest absolute Gasteiger partial charge is 0.162 e. The summed E-state index contributed by atoms with van der Waals surface area (Å²) in [6, 6.07) is 9.36. The van der Waals surface area contributed by atoms with E-state index in [1.807, 2.05) is 25.1 Å². The molecule has 0 radical (unpaired) electrons. The van der Waals surface area contributed by atoms with Crippen molar-refractivity contribution in [2.45, 2.75) is 52.8 Å². The van der Waals surface area contributed by atoms with Crippen molar-refractivity contribution in [1.82, 2.24) is 5.32 Å². The van der Waals surface area contributed by atoms with Gasteiger partial charge < -0.3 is 14.8 Å². The largest absolute Gasteiger partial charge is 0.490 e. The Morgan fingerprint density at radius 2 is 1.67 bits per heavy atom. The van der Waals surface area contributed by atoms with E-state index in [2.05, 4.69) is 42.0 Å². The topological polar surface area (TPSA) is 30.5 Å². The Morgan fingerprint density at radius 3 is 2.26 bits per heavy atom. The van der Waals surface area contributed by atoms with E-state index in [-0.39, 0.29) is 12.1 Å². The monoisotopic (exact) mass is 473 g/mol. The van der Waals surface area contributed by atoms with Crippen molar-refractivity contribution < 1.29 is 9.47 Å². The first-order chi connectivity index (χ1) is 12.8. The predicted octanol–water partition coefficient (Wildman–Crippen LogP) is 7.01. The van der Waals surface area contributed by atoms with Gasteiger partial charge in [0, 0.05) is 32.2 Å². The van der Waals surface area contributed by atoms with Crippen molar-refractivity contribution in [3.05, 3.63) is 56.0 Å². The maximum Gasteiger partial charge on any atom is 0.162 e. The van der Waals surface area contributed by atoms with Gasteiger partial charge in [0.05, 0.1) is 6.61 Å². The summed E-state index contributed by atoms with van der Waals surface area (Å²) < 4.78 is 12.8. The second-order valence-corrected chi connectivity index (χ2v) is 8.57. The van der Waals surface area contributed by atoms with E-state index in [4.69, 9.17) is 32.7 Å². The Labute approximate surface area is 180 Å². The lowest BCUT2D eigenvalue weighted by Gasteiger charge is -2.25. The third-order valence-corrected chi connectivity index (χ3v) is 5.93. The number of hydrogen-bond acceptors (Lipinski definition) is 3. The molecule has 0 fully saturated rings. The molecule has 0 aliphatic carbocycles. The third-order valence-electron chi connectivity index (χ3n) is 4.49. The first-order valence-corrected chi connectivity index (χ1v) is 10.6. The molecular formula is C21H26BrCl2NO2. The minimum Gasteiger partial charge on any atom is -0.490 e. The molecule has 0 aliphatic heterocycles. The van der Waals surface area contributed by atoms with E-state index in [1.165, 1.54) is 0 Å². The van der Waals surface area contributed by atoms with Crippen LogP contribution in [0.2, 0.25) is 10.0 Å². The van der Waals surface area contributed by atoms with Crippen LogP contribution in [0.25, 0.3) is 0 Å². The van der Waals surface area contributed by atoms with Crippen LogP contribution in [0.3, 0.4) is 0 Å². The average molecular weight is 475 g/mol. The van der Waals surface area contributed by atoms with Gasteiger partial charge in [-0.05, 0) is 57.0 Å². The molecule has 0 aliphatic rings. The second-order valence-electron chi connectivity index (χ2n) is 6.90. The number of rotatable bonds is 9. The zero-order chi connectivity index (χ0) is 20.0. The Kier molecular flexibility index (Phi) is 8.29. The Morgan fingerprint density at radius 1 is 1.04 bits per heavy atom. The molecule has 0 spiro atoms. The fourth-order valence-electron chi connectivity index (χ4n) is 2.37. The summed E-state index contributed by atoms with van der Waals surface area (Å²) in [7, 11) is 0. The summed E-state index contributed by atoms with van der Waals surface area (Å²) in [5.41, 5.74) is 1.94. The number of ether oxygens (including phenoxy) is 2. The lowest BCUT2D eigenvalue weighted by atomic mass is 10.0. The summed E-state index contributed by atoms with van der Waals surface area (Å²) in [5, 5.41) is 4.74. The van der Waals surface area contributed by atoms with Gasteiger partial charge in [0.2, 0.25) is 0 Å². The summed E-state index contributed by atoms with van der Waals surface area (Å²) >= 11 is 16.1. The van der Waals surface area contributed by atoms with E-state index >= 15 is 0 Å². The summed E-state index contributed by atoms with van der Waals surface area (Å²) in [5.74, 6) is 1.35. The van der Waals surface area contributed by atoms with Gasteiger partial charge in [-0.15, -0.1) is 0 Å². The fraction of sp³-hybridized carbons (Fsp3) is 0.429. The molecule has 0 atom stereocenters.